The summed E-state index contributed by atoms with van der Waals surface area (Å²) in [7, 11) is 0. The summed E-state index contributed by atoms with van der Waals surface area (Å²) < 4.78 is 0. The van der Waals surface area contributed by atoms with Crippen molar-refractivity contribution in [2.24, 2.45) is 0 Å². The van der Waals surface area contributed by atoms with Crippen molar-refractivity contribution in [1.29, 1.82) is 0 Å². The van der Waals surface area contributed by atoms with Crippen LogP contribution in [0.2, 0.25) is 0 Å². The molecule has 2 saturated heterocycles. The maximum absolute atomic E-state index is 11.7. The average molecular weight is 632 g/mol. The minimum Gasteiger partial charge on any atom is -0.506 e. The molecular formula is C35H61N5O5. The normalized spacial score (nSPS) is 14.7. The molecule has 10 nitrogen and oxygen atoms in total. The lowest BCUT2D eigenvalue weighted by atomic mass is 10.1. The van der Waals surface area contributed by atoms with E-state index in [2.05, 4.69) is 23.1 Å². The topological polar surface area (TPSA) is 131 Å². The van der Waals surface area contributed by atoms with E-state index in [1.807, 2.05) is 23.9 Å². The lowest BCUT2D eigenvalue weighted by Gasteiger charge is -2.26. The van der Waals surface area contributed by atoms with Crippen molar-refractivity contribution >= 4 is 29.2 Å². The SMILES string of the molecule is CCCC(=O)NN1CCCC1.CCCC(=O)NN1CCCCC1.CCCCCCCCCC(=O)CC(=O)Nc1ccccc1O. The highest BCUT2D eigenvalue weighted by atomic mass is 16.3. The van der Waals surface area contributed by atoms with Crippen LogP contribution >= 0.6 is 0 Å². The van der Waals surface area contributed by atoms with Crippen molar-refractivity contribution in [3.63, 3.8) is 0 Å². The number of nitrogens with one attached hydrogen (secondary N) is 3. The second-order valence-corrected chi connectivity index (χ2v) is 12.0. The third-order valence-corrected chi connectivity index (χ3v) is 7.58. The molecule has 1 aromatic rings. The lowest BCUT2D eigenvalue weighted by molar-refractivity contribution is -0.127. The van der Waals surface area contributed by atoms with Crippen LogP contribution in [-0.2, 0) is 19.2 Å². The van der Waals surface area contributed by atoms with Crippen molar-refractivity contribution in [3.05, 3.63) is 24.3 Å². The molecule has 10 heteroatoms. The zero-order valence-corrected chi connectivity index (χ0v) is 28.3. The molecule has 0 radical (unpaired) electrons. The fourth-order valence-electron chi connectivity index (χ4n) is 5.07. The molecule has 4 N–H and O–H groups in total. The Bertz CT molecular complexity index is 962. The number of para-hydroxylation sites is 2. The minimum absolute atomic E-state index is 0.00961. The number of hydrogen-bond donors (Lipinski definition) is 4. The van der Waals surface area contributed by atoms with Crippen LogP contribution in [0.1, 0.15) is 136 Å². The van der Waals surface area contributed by atoms with Crippen molar-refractivity contribution in [2.75, 3.05) is 31.5 Å². The Hall–Kier alpha value is -2.98. The van der Waals surface area contributed by atoms with E-state index in [-0.39, 0.29) is 35.7 Å². The molecule has 0 spiro atoms. The van der Waals surface area contributed by atoms with Crippen molar-refractivity contribution in [1.82, 2.24) is 20.9 Å². The molecule has 0 saturated carbocycles. The number of carbonyl (C=O) groups is 4. The first-order valence-corrected chi connectivity index (χ1v) is 17.5. The first-order valence-electron chi connectivity index (χ1n) is 17.5. The first kappa shape index (κ1) is 40.0. The Balaban J connectivity index is 0.000000370. The van der Waals surface area contributed by atoms with Gasteiger partial charge in [-0.3, -0.25) is 30.0 Å². The number of phenolic OH excluding ortho intramolecular Hbond substituents is 1. The molecule has 0 bridgehead atoms. The van der Waals surface area contributed by atoms with Gasteiger partial charge in [0.2, 0.25) is 17.7 Å². The zero-order chi connectivity index (χ0) is 33.1. The smallest absolute Gasteiger partial charge is 0.234 e. The van der Waals surface area contributed by atoms with E-state index in [0.29, 0.717) is 24.9 Å². The highest BCUT2D eigenvalue weighted by Gasteiger charge is 2.14. The van der Waals surface area contributed by atoms with E-state index in [0.717, 1.165) is 58.3 Å². The summed E-state index contributed by atoms with van der Waals surface area (Å²) in [6, 6.07) is 6.50. The fraction of sp³-hybridized carbons (Fsp3) is 0.714. The second kappa shape index (κ2) is 26.3. The Morgan fingerprint density at radius 1 is 0.622 bits per heavy atom. The molecule has 0 aliphatic carbocycles. The minimum atomic E-state index is -0.366. The van der Waals surface area contributed by atoms with Gasteiger partial charge in [0.25, 0.3) is 0 Å². The molecule has 3 amide bonds. The Morgan fingerprint density at radius 2 is 1.11 bits per heavy atom. The van der Waals surface area contributed by atoms with Crippen LogP contribution in [0, 0.1) is 0 Å². The summed E-state index contributed by atoms with van der Waals surface area (Å²) in [5, 5.41) is 16.2. The molecule has 2 heterocycles. The van der Waals surface area contributed by atoms with Gasteiger partial charge in [-0.1, -0.05) is 77.8 Å². The van der Waals surface area contributed by atoms with Gasteiger partial charge in [0, 0.05) is 45.4 Å². The molecule has 3 rings (SSSR count). The number of phenols is 1. The summed E-state index contributed by atoms with van der Waals surface area (Å²) in [6.07, 6.45) is 17.8. The summed E-state index contributed by atoms with van der Waals surface area (Å²) in [4.78, 5) is 45.7. The number of hydrogen-bond acceptors (Lipinski definition) is 7. The molecule has 2 aliphatic rings. The number of benzene rings is 1. The molecule has 1 aromatic carbocycles. The van der Waals surface area contributed by atoms with Gasteiger partial charge < -0.3 is 10.4 Å². The van der Waals surface area contributed by atoms with E-state index in [4.69, 9.17) is 0 Å². The molecule has 0 aromatic heterocycles. The fourth-order valence-corrected chi connectivity index (χ4v) is 5.07. The van der Waals surface area contributed by atoms with E-state index < -0.39 is 0 Å². The molecule has 0 unspecified atom stereocenters. The Morgan fingerprint density at radius 3 is 1.62 bits per heavy atom. The predicted molar refractivity (Wildman–Crippen MR) is 181 cm³/mol. The van der Waals surface area contributed by atoms with Gasteiger partial charge in [-0.25, -0.2) is 10.0 Å². The Kier molecular flexibility index (Phi) is 23.4. The van der Waals surface area contributed by atoms with Gasteiger partial charge in [-0.15, -0.1) is 0 Å². The largest absolute Gasteiger partial charge is 0.506 e. The number of amides is 3. The lowest BCUT2D eigenvalue weighted by Crippen LogP contribution is -2.44. The molecule has 45 heavy (non-hydrogen) atoms. The van der Waals surface area contributed by atoms with Crippen molar-refractivity contribution in [3.8, 4) is 5.75 Å². The highest BCUT2D eigenvalue weighted by Crippen LogP contribution is 2.21. The van der Waals surface area contributed by atoms with Gasteiger partial charge in [0.15, 0.2) is 0 Å². The average Bonchev–Trinajstić information content (AvgIpc) is 3.52. The first-order chi connectivity index (χ1) is 21.8. The van der Waals surface area contributed by atoms with Gasteiger partial charge in [0.1, 0.15) is 11.5 Å². The van der Waals surface area contributed by atoms with Gasteiger partial charge in [0.05, 0.1) is 12.1 Å². The maximum atomic E-state index is 11.7. The number of aromatic hydroxyl groups is 1. The van der Waals surface area contributed by atoms with Crippen LogP contribution in [0.15, 0.2) is 24.3 Å². The molecular weight excluding hydrogens is 570 g/mol. The maximum Gasteiger partial charge on any atom is 0.234 e. The van der Waals surface area contributed by atoms with Gasteiger partial charge in [-0.05, 0) is 57.1 Å². The Labute approximate surface area is 272 Å². The van der Waals surface area contributed by atoms with E-state index in [1.165, 1.54) is 63.9 Å². The van der Waals surface area contributed by atoms with Crippen LogP contribution in [0.5, 0.6) is 5.75 Å². The third-order valence-electron chi connectivity index (χ3n) is 7.58. The third kappa shape index (κ3) is 21.4. The van der Waals surface area contributed by atoms with Crippen LogP contribution in [-0.4, -0.2) is 64.8 Å². The summed E-state index contributed by atoms with van der Waals surface area (Å²) in [6.45, 7) is 10.3. The molecule has 2 fully saturated rings. The number of hydrazine groups is 2. The number of carbonyl (C=O) groups excluding carboxylic acids is 4. The van der Waals surface area contributed by atoms with Crippen molar-refractivity contribution < 1.29 is 24.3 Å². The zero-order valence-electron chi connectivity index (χ0n) is 28.3. The molecule has 2 aliphatic heterocycles. The molecule has 0 atom stereocenters. The molecule has 256 valence electrons. The van der Waals surface area contributed by atoms with Crippen LogP contribution in [0.4, 0.5) is 5.69 Å². The van der Waals surface area contributed by atoms with Gasteiger partial charge >= 0.3 is 0 Å². The predicted octanol–water partition coefficient (Wildman–Crippen LogP) is 6.65. The second-order valence-electron chi connectivity index (χ2n) is 12.0. The summed E-state index contributed by atoms with van der Waals surface area (Å²) >= 11 is 0. The number of piperidine rings is 1. The number of Topliss-reactive ketones (excluding diaryl/α,β-unsaturated/α-hetero) is 1. The van der Waals surface area contributed by atoms with E-state index in [1.54, 1.807) is 18.2 Å². The number of nitrogens with zero attached hydrogens (tertiary/aromatic N) is 2. The number of ketones is 1. The summed E-state index contributed by atoms with van der Waals surface area (Å²) in [5.41, 5.74) is 6.13. The van der Waals surface area contributed by atoms with Crippen LogP contribution < -0.4 is 16.2 Å². The standard InChI is InChI=1S/C18H27NO3.C9H18N2O.C8H16N2O/c1-2-3-4-5-6-7-8-11-15(20)14-18(22)19-16-12-9-10-13-17(16)21;1-2-6-9(12)10-11-7-4-3-5-8-11;1-2-5-8(11)9-10-6-3-4-7-10/h9-10,12-13,21H,2-8,11,14H2,1H3,(H,19,22);2-8H2,1H3,(H,10,12);2-7H2,1H3,(H,9,11). The summed E-state index contributed by atoms with van der Waals surface area (Å²) in [5.74, 6) is -0.0693. The van der Waals surface area contributed by atoms with E-state index in [9.17, 15) is 24.3 Å². The number of unbranched alkanes of at least 4 members (excludes halogenated alkanes) is 6. The monoisotopic (exact) mass is 631 g/mol. The van der Waals surface area contributed by atoms with Crippen molar-refractivity contribution in [2.45, 2.75) is 136 Å². The number of rotatable bonds is 17. The van der Waals surface area contributed by atoms with Gasteiger partial charge in [-0.2, -0.15) is 0 Å². The quantitative estimate of drug-likeness (QED) is 0.0860. The number of anilines is 1. The van der Waals surface area contributed by atoms with Crippen LogP contribution in [0.3, 0.4) is 0 Å². The van der Waals surface area contributed by atoms with Crippen LogP contribution in [0.25, 0.3) is 0 Å². The van der Waals surface area contributed by atoms with E-state index >= 15 is 0 Å². The highest BCUT2D eigenvalue weighted by molar-refractivity contribution is 6.04.